The van der Waals surface area contributed by atoms with Crippen molar-refractivity contribution in [1.29, 1.82) is 0 Å². The minimum Gasteiger partial charge on any atom is -0.345 e. The summed E-state index contributed by atoms with van der Waals surface area (Å²) in [6.45, 7) is 13.8. The highest BCUT2D eigenvalue weighted by Crippen LogP contribution is 2.37. The van der Waals surface area contributed by atoms with E-state index in [1.807, 2.05) is 15.9 Å². The van der Waals surface area contributed by atoms with Crippen LogP contribution in [-0.4, -0.2) is 70.8 Å². The number of anilines is 1. The summed E-state index contributed by atoms with van der Waals surface area (Å²) in [7, 11) is 0. The molecule has 0 spiro atoms. The molecule has 1 unspecified atom stereocenters. The maximum Gasteiger partial charge on any atom is 0.276 e. The molecule has 8 nitrogen and oxygen atoms in total. The Morgan fingerprint density at radius 2 is 1.96 bits per heavy atom. The number of hydrogen-bond acceptors (Lipinski definition) is 6. The van der Waals surface area contributed by atoms with E-state index in [0.29, 0.717) is 5.78 Å². The molecular weight excluding hydrogens is 360 g/mol. The van der Waals surface area contributed by atoms with Gasteiger partial charge in [0.2, 0.25) is 0 Å². The van der Waals surface area contributed by atoms with Crippen LogP contribution in [0.25, 0.3) is 16.0 Å². The minimum absolute atomic E-state index is 0.624. The van der Waals surface area contributed by atoms with E-state index in [9.17, 15) is 0 Å². The van der Waals surface area contributed by atoms with Crippen LogP contribution in [-0.2, 0) is 13.0 Å². The van der Waals surface area contributed by atoms with Crippen molar-refractivity contribution < 1.29 is 9.80 Å². The standard InChI is InChI=1S/C18H26N8S/c1-3-6-24-7-5-13-14(12-24)27-17-15(13)16(19-18-20-21-22-26(17)18)25-10-8-23(4-2)9-11-25/h3-12H2,1-2H3/p+2. The molecule has 2 aliphatic heterocycles. The monoisotopic (exact) mass is 388 g/mol. The Morgan fingerprint density at radius 1 is 1.11 bits per heavy atom. The summed E-state index contributed by atoms with van der Waals surface area (Å²) in [4.78, 5) is 13.4. The molecule has 0 aliphatic carbocycles. The molecule has 1 fully saturated rings. The van der Waals surface area contributed by atoms with Crippen LogP contribution in [0.3, 0.4) is 0 Å². The average molecular weight is 389 g/mol. The predicted molar refractivity (Wildman–Crippen MR) is 106 cm³/mol. The van der Waals surface area contributed by atoms with Gasteiger partial charge in [-0.05, 0) is 29.3 Å². The Morgan fingerprint density at radius 3 is 2.74 bits per heavy atom. The topological polar surface area (TPSA) is 68.1 Å². The number of aromatic nitrogens is 5. The zero-order chi connectivity index (χ0) is 18.4. The fraction of sp³-hybridized carbons (Fsp3) is 0.667. The molecule has 5 heterocycles. The second-order valence-corrected chi connectivity index (χ2v) is 8.86. The van der Waals surface area contributed by atoms with E-state index in [4.69, 9.17) is 4.98 Å². The number of hydrogen-bond donors (Lipinski definition) is 2. The summed E-state index contributed by atoms with van der Waals surface area (Å²) < 4.78 is 1.84. The van der Waals surface area contributed by atoms with Crippen LogP contribution in [0, 0.1) is 0 Å². The first-order chi connectivity index (χ1) is 13.3. The molecule has 9 heteroatoms. The Hall–Kier alpha value is -1.84. The highest BCUT2D eigenvalue weighted by atomic mass is 32.1. The molecule has 0 amide bonds. The van der Waals surface area contributed by atoms with Gasteiger partial charge in [-0.15, -0.1) is 11.3 Å². The molecule has 5 rings (SSSR count). The fourth-order valence-corrected chi connectivity index (χ4v) is 5.98. The smallest absolute Gasteiger partial charge is 0.276 e. The molecule has 0 bridgehead atoms. The van der Waals surface area contributed by atoms with Crippen LogP contribution in [0.2, 0.25) is 0 Å². The number of quaternary nitrogens is 2. The van der Waals surface area contributed by atoms with Crippen molar-refractivity contribution in [2.45, 2.75) is 33.2 Å². The van der Waals surface area contributed by atoms with E-state index in [2.05, 4.69) is 34.3 Å². The van der Waals surface area contributed by atoms with Crippen molar-refractivity contribution in [3.63, 3.8) is 0 Å². The van der Waals surface area contributed by atoms with Crippen molar-refractivity contribution in [1.82, 2.24) is 25.0 Å². The number of nitrogens with zero attached hydrogens (tertiary/aromatic N) is 6. The molecule has 3 aromatic heterocycles. The summed E-state index contributed by atoms with van der Waals surface area (Å²) in [5.41, 5.74) is 1.50. The molecule has 144 valence electrons. The van der Waals surface area contributed by atoms with Crippen LogP contribution in [0.15, 0.2) is 0 Å². The zero-order valence-corrected chi connectivity index (χ0v) is 17.0. The Balaban J connectivity index is 1.62. The van der Waals surface area contributed by atoms with Gasteiger partial charge in [0, 0.05) is 6.42 Å². The molecule has 0 aromatic carbocycles. The van der Waals surface area contributed by atoms with Gasteiger partial charge in [0.25, 0.3) is 5.78 Å². The number of nitrogens with one attached hydrogen (secondary N) is 2. The van der Waals surface area contributed by atoms with Gasteiger partial charge in [0.1, 0.15) is 17.2 Å². The first kappa shape index (κ1) is 17.3. The van der Waals surface area contributed by atoms with E-state index in [1.54, 1.807) is 9.80 Å². The highest BCUT2D eigenvalue weighted by Gasteiger charge is 2.30. The van der Waals surface area contributed by atoms with Gasteiger partial charge in [0.15, 0.2) is 0 Å². The first-order valence-electron chi connectivity index (χ1n) is 10.2. The van der Waals surface area contributed by atoms with Crippen LogP contribution in [0.1, 0.15) is 30.7 Å². The van der Waals surface area contributed by atoms with Gasteiger partial charge in [-0.2, -0.15) is 9.50 Å². The molecule has 0 saturated carbocycles. The lowest BCUT2D eigenvalue weighted by molar-refractivity contribution is -0.915. The maximum atomic E-state index is 4.92. The highest BCUT2D eigenvalue weighted by molar-refractivity contribution is 7.19. The summed E-state index contributed by atoms with van der Waals surface area (Å²) >= 11 is 1.87. The molecule has 2 N–H and O–H groups in total. The van der Waals surface area contributed by atoms with Crippen molar-refractivity contribution in [2.75, 3.05) is 50.7 Å². The lowest BCUT2D eigenvalue weighted by atomic mass is 10.0. The number of piperazine rings is 1. The van der Waals surface area contributed by atoms with E-state index in [0.717, 1.165) is 31.9 Å². The molecule has 1 saturated heterocycles. The molecule has 0 radical (unpaired) electrons. The van der Waals surface area contributed by atoms with Crippen LogP contribution >= 0.6 is 11.3 Å². The number of likely N-dealkylation sites (N-methyl/N-ethyl adjacent to an activating group) is 1. The lowest BCUT2D eigenvalue weighted by Gasteiger charge is -2.33. The number of tetrazole rings is 1. The summed E-state index contributed by atoms with van der Waals surface area (Å²) in [5.74, 6) is 1.73. The van der Waals surface area contributed by atoms with Crippen molar-refractivity contribution >= 4 is 33.1 Å². The minimum atomic E-state index is 0.624. The van der Waals surface area contributed by atoms with Gasteiger partial charge in [-0.3, -0.25) is 0 Å². The van der Waals surface area contributed by atoms with Gasteiger partial charge < -0.3 is 14.7 Å². The van der Waals surface area contributed by atoms with E-state index < -0.39 is 0 Å². The molecule has 2 aliphatic rings. The van der Waals surface area contributed by atoms with Gasteiger partial charge in [-0.25, -0.2) is 0 Å². The Bertz CT molecular complexity index is 955. The van der Waals surface area contributed by atoms with Crippen molar-refractivity contribution in [3.8, 4) is 0 Å². The number of rotatable bonds is 4. The number of fused-ring (bicyclic) bond motifs is 5. The largest absolute Gasteiger partial charge is 0.345 e. The fourth-order valence-electron chi connectivity index (χ4n) is 4.62. The third kappa shape index (κ3) is 2.88. The first-order valence-corrected chi connectivity index (χ1v) is 11.0. The van der Waals surface area contributed by atoms with E-state index in [-0.39, 0.29) is 0 Å². The molecule has 1 atom stereocenters. The summed E-state index contributed by atoms with van der Waals surface area (Å²) in [6.07, 6.45) is 2.37. The maximum absolute atomic E-state index is 4.92. The third-order valence-corrected chi connectivity index (χ3v) is 7.37. The van der Waals surface area contributed by atoms with Crippen LogP contribution < -0.4 is 14.7 Å². The van der Waals surface area contributed by atoms with E-state index >= 15 is 0 Å². The van der Waals surface area contributed by atoms with Gasteiger partial charge in [0.05, 0.1) is 56.1 Å². The van der Waals surface area contributed by atoms with Gasteiger partial charge in [-0.1, -0.05) is 12.0 Å². The van der Waals surface area contributed by atoms with Crippen molar-refractivity contribution in [3.05, 3.63) is 10.4 Å². The Labute approximate surface area is 162 Å². The molecule has 3 aromatic rings. The normalized spacial score (nSPS) is 21.3. The van der Waals surface area contributed by atoms with Gasteiger partial charge >= 0.3 is 0 Å². The molecular formula is C18H28N8S+2. The van der Waals surface area contributed by atoms with Crippen LogP contribution in [0.5, 0.6) is 0 Å². The van der Waals surface area contributed by atoms with Crippen molar-refractivity contribution in [2.24, 2.45) is 0 Å². The number of thiophene rings is 1. The second kappa shape index (κ2) is 6.96. The zero-order valence-electron chi connectivity index (χ0n) is 16.2. The quantitative estimate of drug-likeness (QED) is 0.588. The summed E-state index contributed by atoms with van der Waals surface area (Å²) in [5, 5.41) is 13.6. The second-order valence-electron chi connectivity index (χ2n) is 7.78. The molecule has 27 heavy (non-hydrogen) atoms. The summed E-state index contributed by atoms with van der Waals surface area (Å²) in [6, 6.07) is 0. The van der Waals surface area contributed by atoms with Crippen LogP contribution in [0.4, 0.5) is 5.82 Å². The Kier molecular flexibility index (Phi) is 4.45. The lowest BCUT2D eigenvalue weighted by Crippen LogP contribution is -3.14. The van der Waals surface area contributed by atoms with E-state index in [1.165, 1.54) is 59.8 Å². The third-order valence-electron chi connectivity index (χ3n) is 6.16. The average Bonchev–Trinajstić information content (AvgIpc) is 3.31. The SMILES string of the molecule is CCC[NH+]1CCc2c(sc3c2c(N2CC[NH+](CC)CC2)nc2nnnn23)C1. The predicted octanol–water partition coefficient (Wildman–Crippen LogP) is -1.19.